The van der Waals surface area contributed by atoms with Gasteiger partial charge in [0.1, 0.15) is 5.76 Å². The van der Waals surface area contributed by atoms with E-state index in [1.165, 1.54) is 0 Å². The number of amides is 1. The van der Waals surface area contributed by atoms with Crippen LogP contribution in [0.25, 0.3) is 0 Å². The lowest BCUT2D eigenvalue weighted by atomic mass is 10.2. The van der Waals surface area contributed by atoms with E-state index in [4.69, 9.17) is 4.42 Å². The fourth-order valence-corrected chi connectivity index (χ4v) is 2.95. The van der Waals surface area contributed by atoms with Crippen LogP contribution in [0.5, 0.6) is 0 Å². The van der Waals surface area contributed by atoms with Gasteiger partial charge in [0.2, 0.25) is 5.91 Å². The molecule has 1 amide bonds. The number of hydrogen-bond donors (Lipinski definition) is 1. The molecule has 0 unspecified atom stereocenters. The van der Waals surface area contributed by atoms with Gasteiger partial charge in [-0.2, -0.15) is 11.8 Å². The molecule has 1 fully saturated rings. The molecule has 0 aromatic carbocycles. The number of hydrogen-bond acceptors (Lipinski definition) is 4. The van der Waals surface area contributed by atoms with E-state index in [1.54, 1.807) is 13.2 Å². The van der Waals surface area contributed by atoms with Gasteiger partial charge in [-0.1, -0.05) is 0 Å². The predicted octanol–water partition coefficient (Wildman–Crippen LogP) is 1.51. The summed E-state index contributed by atoms with van der Waals surface area (Å²) in [6, 6.07) is 4.04. The SMILES string of the molecule is CC(=O)NC[C@H](c1ccco1)N1CCSCC1. The van der Waals surface area contributed by atoms with Crippen LogP contribution in [0.15, 0.2) is 22.8 Å². The smallest absolute Gasteiger partial charge is 0.216 e. The number of carbonyl (C=O) groups excluding carboxylic acids is 1. The van der Waals surface area contributed by atoms with E-state index >= 15 is 0 Å². The van der Waals surface area contributed by atoms with Crippen molar-refractivity contribution in [2.75, 3.05) is 31.1 Å². The molecule has 1 aliphatic rings. The monoisotopic (exact) mass is 254 g/mol. The number of carbonyl (C=O) groups is 1. The minimum atomic E-state index is 0.00735. The summed E-state index contributed by atoms with van der Waals surface area (Å²) in [5, 5.41) is 2.88. The van der Waals surface area contributed by atoms with E-state index in [1.807, 2.05) is 23.9 Å². The van der Waals surface area contributed by atoms with Crippen LogP contribution < -0.4 is 5.32 Å². The highest BCUT2D eigenvalue weighted by atomic mass is 32.2. The fraction of sp³-hybridized carbons (Fsp3) is 0.583. The lowest BCUT2D eigenvalue weighted by molar-refractivity contribution is -0.119. The van der Waals surface area contributed by atoms with Gasteiger partial charge >= 0.3 is 0 Å². The molecule has 0 spiro atoms. The van der Waals surface area contributed by atoms with E-state index in [0.717, 1.165) is 30.4 Å². The van der Waals surface area contributed by atoms with Crippen molar-refractivity contribution in [1.82, 2.24) is 10.2 Å². The van der Waals surface area contributed by atoms with Gasteiger partial charge in [-0.25, -0.2) is 0 Å². The van der Waals surface area contributed by atoms with Crippen LogP contribution in [0, 0.1) is 0 Å². The molecule has 5 heteroatoms. The molecule has 4 nitrogen and oxygen atoms in total. The third kappa shape index (κ3) is 3.51. The van der Waals surface area contributed by atoms with Crippen LogP contribution >= 0.6 is 11.8 Å². The van der Waals surface area contributed by atoms with Crippen molar-refractivity contribution in [3.63, 3.8) is 0 Å². The van der Waals surface area contributed by atoms with Gasteiger partial charge in [-0.3, -0.25) is 9.69 Å². The summed E-state index contributed by atoms with van der Waals surface area (Å²) >= 11 is 1.98. The van der Waals surface area contributed by atoms with E-state index in [0.29, 0.717) is 6.54 Å². The van der Waals surface area contributed by atoms with Gasteiger partial charge in [-0.05, 0) is 12.1 Å². The molecule has 1 aromatic heterocycles. The third-order valence-corrected chi connectivity index (χ3v) is 3.84. The van der Waals surface area contributed by atoms with Crippen LogP contribution in [-0.4, -0.2) is 41.9 Å². The van der Waals surface area contributed by atoms with Crippen molar-refractivity contribution in [2.24, 2.45) is 0 Å². The quantitative estimate of drug-likeness (QED) is 0.884. The van der Waals surface area contributed by atoms with Gasteiger partial charge < -0.3 is 9.73 Å². The Hall–Kier alpha value is -0.940. The summed E-state index contributed by atoms with van der Waals surface area (Å²) in [7, 11) is 0. The molecule has 0 bridgehead atoms. The Bertz CT molecular complexity index is 347. The molecule has 2 heterocycles. The van der Waals surface area contributed by atoms with Crippen molar-refractivity contribution in [1.29, 1.82) is 0 Å². The normalized spacial score (nSPS) is 18.9. The molecule has 1 atom stereocenters. The predicted molar refractivity (Wildman–Crippen MR) is 69.0 cm³/mol. The third-order valence-electron chi connectivity index (χ3n) is 2.90. The number of rotatable bonds is 4. The second-order valence-electron chi connectivity index (χ2n) is 4.12. The minimum Gasteiger partial charge on any atom is -0.468 e. The summed E-state index contributed by atoms with van der Waals surface area (Å²) in [6.07, 6.45) is 1.69. The Kier molecular flexibility index (Phi) is 4.50. The molecule has 1 saturated heterocycles. The summed E-state index contributed by atoms with van der Waals surface area (Å²) in [6.45, 7) is 4.27. The molecule has 94 valence electrons. The van der Waals surface area contributed by atoms with Gasteiger partial charge in [0.25, 0.3) is 0 Å². The van der Waals surface area contributed by atoms with E-state index < -0.39 is 0 Å². The Morgan fingerprint density at radius 2 is 2.35 bits per heavy atom. The molecule has 1 aliphatic heterocycles. The van der Waals surface area contributed by atoms with E-state index in [-0.39, 0.29) is 11.9 Å². The molecule has 0 radical (unpaired) electrons. The molecule has 17 heavy (non-hydrogen) atoms. The summed E-state index contributed by atoms with van der Waals surface area (Å²) in [5.74, 6) is 3.24. The minimum absolute atomic E-state index is 0.00735. The largest absolute Gasteiger partial charge is 0.468 e. The molecule has 0 aliphatic carbocycles. The van der Waals surface area contributed by atoms with Crippen molar-refractivity contribution < 1.29 is 9.21 Å². The highest BCUT2D eigenvalue weighted by molar-refractivity contribution is 7.99. The summed E-state index contributed by atoms with van der Waals surface area (Å²) in [4.78, 5) is 13.4. The maximum absolute atomic E-state index is 11.0. The van der Waals surface area contributed by atoms with Crippen molar-refractivity contribution in [2.45, 2.75) is 13.0 Å². The summed E-state index contributed by atoms with van der Waals surface area (Å²) < 4.78 is 5.48. The van der Waals surface area contributed by atoms with Crippen molar-refractivity contribution in [3.8, 4) is 0 Å². The van der Waals surface area contributed by atoms with E-state index in [9.17, 15) is 4.79 Å². The maximum Gasteiger partial charge on any atom is 0.216 e. The zero-order valence-corrected chi connectivity index (χ0v) is 10.8. The first-order chi connectivity index (χ1) is 8.27. The van der Waals surface area contributed by atoms with Gasteiger partial charge in [-0.15, -0.1) is 0 Å². The Morgan fingerprint density at radius 1 is 1.59 bits per heavy atom. The first-order valence-corrected chi connectivity index (χ1v) is 7.02. The van der Waals surface area contributed by atoms with Gasteiger partial charge in [0.15, 0.2) is 0 Å². The van der Waals surface area contributed by atoms with Crippen LogP contribution in [0.2, 0.25) is 0 Å². The second kappa shape index (κ2) is 6.12. The lowest BCUT2D eigenvalue weighted by Gasteiger charge is -2.33. The maximum atomic E-state index is 11.0. The molecular weight excluding hydrogens is 236 g/mol. The average molecular weight is 254 g/mol. The van der Waals surface area contributed by atoms with Crippen LogP contribution in [0.3, 0.4) is 0 Å². The zero-order chi connectivity index (χ0) is 12.1. The highest BCUT2D eigenvalue weighted by Crippen LogP contribution is 2.23. The number of furan rings is 1. The van der Waals surface area contributed by atoms with Crippen molar-refractivity contribution in [3.05, 3.63) is 24.2 Å². The molecule has 1 aromatic rings. The molecule has 2 rings (SSSR count). The van der Waals surface area contributed by atoms with Gasteiger partial charge in [0, 0.05) is 38.1 Å². The van der Waals surface area contributed by atoms with Crippen LogP contribution in [0.4, 0.5) is 0 Å². The Labute approximate surface area is 106 Å². The average Bonchev–Trinajstić information content (AvgIpc) is 2.84. The standard InChI is InChI=1S/C12H18N2O2S/c1-10(15)13-9-11(12-3-2-6-16-12)14-4-7-17-8-5-14/h2-3,6,11H,4-5,7-9H2,1H3,(H,13,15)/t11-/m1/s1. The van der Waals surface area contributed by atoms with Crippen molar-refractivity contribution >= 4 is 17.7 Å². The molecular formula is C12H18N2O2S. The number of nitrogens with zero attached hydrogens (tertiary/aromatic N) is 1. The molecule has 1 N–H and O–H groups in total. The van der Waals surface area contributed by atoms with Gasteiger partial charge in [0.05, 0.1) is 12.3 Å². The number of thioether (sulfide) groups is 1. The van der Waals surface area contributed by atoms with Crippen LogP contribution in [0.1, 0.15) is 18.7 Å². The second-order valence-corrected chi connectivity index (χ2v) is 5.34. The topological polar surface area (TPSA) is 45.5 Å². The molecule has 0 saturated carbocycles. The first-order valence-electron chi connectivity index (χ1n) is 5.87. The number of nitrogens with one attached hydrogen (secondary N) is 1. The van der Waals surface area contributed by atoms with E-state index in [2.05, 4.69) is 10.2 Å². The lowest BCUT2D eigenvalue weighted by Crippen LogP contribution is -2.41. The Morgan fingerprint density at radius 3 is 2.94 bits per heavy atom. The zero-order valence-electron chi connectivity index (χ0n) is 10.0. The fourth-order valence-electron chi connectivity index (χ4n) is 2.02. The first kappa shape index (κ1) is 12.5. The Balaban J connectivity index is 2.03. The summed E-state index contributed by atoms with van der Waals surface area (Å²) in [5.41, 5.74) is 0. The highest BCUT2D eigenvalue weighted by Gasteiger charge is 2.24. The van der Waals surface area contributed by atoms with Crippen LogP contribution in [-0.2, 0) is 4.79 Å².